The van der Waals surface area contributed by atoms with Gasteiger partial charge in [0.2, 0.25) is 11.8 Å². The van der Waals surface area contributed by atoms with Crippen LogP contribution in [0.5, 0.6) is 0 Å². The Morgan fingerprint density at radius 2 is 1.48 bits per heavy atom. The van der Waals surface area contributed by atoms with Gasteiger partial charge in [0.25, 0.3) is 5.92 Å². The van der Waals surface area contributed by atoms with Crippen LogP contribution in [0.2, 0.25) is 0 Å². The van der Waals surface area contributed by atoms with Gasteiger partial charge in [-0.15, -0.1) is 0 Å². The van der Waals surface area contributed by atoms with E-state index in [-0.39, 0.29) is 74.7 Å². The lowest BCUT2D eigenvalue weighted by molar-refractivity contribution is -0.134. The number of rotatable bonds is 5. The van der Waals surface area contributed by atoms with Gasteiger partial charge in [-0.1, -0.05) is 12.1 Å². The quantitative estimate of drug-likeness (QED) is 0.299. The van der Waals surface area contributed by atoms with Crippen LogP contribution < -0.4 is 20.6 Å². The summed E-state index contributed by atoms with van der Waals surface area (Å²) in [5.74, 6) is -7.52. The minimum Gasteiger partial charge on any atom is -0.399 e. The van der Waals surface area contributed by atoms with E-state index in [9.17, 15) is 9.59 Å². The number of hydrogen-bond acceptors (Lipinski definition) is 7. The van der Waals surface area contributed by atoms with Gasteiger partial charge >= 0.3 is 7.12 Å². The zero-order chi connectivity index (χ0) is 33.2. The Morgan fingerprint density at radius 3 is 2.09 bits per heavy atom. The Bertz CT molecular complexity index is 1520. The van der Waals surface area contributed by atoms with E-state index in [1.807, 2.05) is 27.7 Å². The number of piperazine rings is 1. The normalized spacial score (nSPS) is 26.4. The van der Waals surface area contributed by atoms with Gasteiger partial charge in [0.15, 0.2) is 11.6 Å². The highest BCUT2D eigenvalue weighted by atomic mass is 19.3. The molecule has 1 unspecified atom stereocenters. The summed E-state index contributed by atoms with van der Waals surface area (Å²) >= 11 is 0. The number of benzene rings is 2. The van der Waals surface area contributed by atoms with E-state index < -0.39 is 66.1 Å². The minimum absolute atomic E-state index is 0.0282. The van der Waals surface area contributed by atoms with Crippen molar-refractivity contribution in [1.82, 2.24) is 10.2 Å². The lowest BCUT2D eigenvalue weighted by Gasteiger charge is -2.47. The lowest BCUT2D eigenvalue weighted by atomic mass is 9.78. The number of alkyl halides is 2. The summed E-state index contributed by atoms with van der Waals surface area (Å²) in [6, 6.07) is 5.97. The van der Waals surface area contributed by atoms with Crippen molar-refractivity contribution in [3.8, 4) is 0 Å². The van der Waals surface area contributed by atoms with Crippen LogP contribution >= 0.6 is 0 Å². The zero-order valence-electron chi connectivity index (χ0n) is 26.3. The molecule has 2 amide bonds. The van der Waals surface area contributed by atoms with Crippen LogP contribution in [-0.2, 0) is 18.9 Å². The summed E-state index contributed by atoms with van der Waals surface area (Å²) in [4.78, 5) is 28.3. The number of nitrogens with one attached hydrogen (secondary N) is 1. The molecule has 248 valence electrons. The highest BCUT2D eigenvalue weighted by Gasteiger charge is 2.53. The zero-order valence-corrected chi connectivity index (χ0v) is 26.3. The number of amides is 2. The maximum absolute atomic E-state index is 15.6. The molecule has 0 saturated carbocycles. The molecular formula is C32H38BF5N4O4. The van der Waals surface area contributed by atoms with Crippen molar-refractivity contribution in [1.29, 1.82) is 0 Å². The van der Waals surface area contributed by atoms with Crippen LogP contribution in [0.3, 0.4) is 0 Å². The monoisotopic (exact) mass is 648 g/mol. The Labute approximate surface area is 265 Å². The third-order valence-corrected chi connectivity index (χ3v) is 10.2. The molecule has 2 aromatic carbocycles. The van der Waals surface area contributed by atoms with Crippen LogP contribution in [-0.4, -0.2) is 86.3 Å². The molecule has 0 aliphatic carbocycles. The molecule has 2 atom stereocenters. The van der Waals surface area contributed by atoms with Crippen LogP contribution in [0.25, 0.3) is 0 Å². The fourth-order valence-corrected chi connectivity index (χ4v) is 6.82. The minimum atomic E-state index is -3.17. The standard InChI is InChI=1S/C32H38BF5N4O4/c1-30(2)31(3,4)46-33(45-30)21-7-9-24(28(36)27(21)35)40-13-15-41(16-14-40)25-11-12-42(18-32(25,37)38)23-8-5-19(17-22(23)34)20-6-10-26(43)39-29(20)44/h5,7-9,17,20,25H,6,10-16,18H2,1-4H3,(H,39,43,44)/t20?,25-/m1/s1. The van der Waals surface area contributed by atoms with Gasteiger partial charge in [-0.25, -0.2) is 22.0 Å². The van der Waals surface area contributed by atoms with Gasteiger partial charge in [-0.2, -0.15) is 0 Å². The van der Waals surface area contributed by atoms with E-state index >= 15 is 22.0 Å². The first-order valence-electron chi connectivity index (χ1n) is 15.7. The molecule has 14 heteroatoms. The third kappa shape index (κ3) is 5.88. The summed E-state index contributed by atoms with van der Waals surface area (Å²) < 4.78 is 88.7. The Hall–Kier alpha value is -3.23. The number of carbonyl (C=O) groups is 2. The first-order valence-corrected chi connectivity index (χ1v) is 15.7. The molecule has 4 fully saturated rings. The smallest absolute Gasteiger partial charge is 0.399 e. The largest absolute Gasteiger partial charge is 0.497 e. The molecule has 8 nitrogen and oxygen atoms in total. The van der Waals surface area contributed by atoms with Crippen molar-refractivity contribution in [2.45, 2.75) is 76.0 Å². The highest BCUT2D eigenvalue weighted by Crippen LogP contribution is 2.39. The van der Waals surface area contributed by atoms with Gasteiger partial charge in [0, 0.05) is 44.6 Å². The van der Waals surface area contributed by atoms with Crippen molar-refractivity contribution in [2.24, 2.45) is 0 Å². The Kier molecular flexibility index (Phi) is 8.38. The van der Waals surface area contributed by atoms with Gasteiger partial charge in [-0.3, -0.25) is 19.8 Å². The molecule has 4 heterocycles. The summed E-state index contributed by atoms with van der Waals surface area (Å²) in [7, 11) is -1.06. The molecular weight excluding hydrogens is 610 g/mol. The average molecular weight is 648 g/mol. The predicted molar refractivity (Wildman–Crippen MR) is 163 cm³/mol. The second kappa shape index (κ2) is 11.8. The van der Waals surface area contributed by atoms with E-state index in [1.165, 1.54) is 29.2 Å². The molecule has 4 saturated heterocycles. The van der Waals surface area contributed by atoms with Crippen molar-refractivity contribution < 1.29 is 40.8 Å². The molecule has 6 rings (SSSR count). The lowest BCUT2D eigenvalue weighted by Crippen LogP contribution is -2.62. The topological polar surface area (TPSA) is 74.4 Å². The number of halogens is 5. The number of piperidine rings is 2. The van der Waals surface area contributed by atoms with Gasteiger partial charge in [0.1, 0.15) is 5.82 Å². The average Bonchev–Trinajstić information content (AvgIpc) is 3.20. The molecule has 0 bridgehead atoms. The Morgan fingerprint density at radius 1 is 0.826 bits per heavy atom. The number of imide groups is 1. The fourth-order valence-electron chi connectivity index (χ4n) is 6.82. The second-order valence-electron chi connectivity index (χ2n) is 13.6. The van der Waals surface area contributed by atoms with E-state index in [0.717, 1.165) is 0 Å². The maximum Gasteiger partial charge on any atom is 0.497 e. The Balaban J connectivity index is 1.08. The SMILES string of the molecule is CC1(C)OB(c2ccc(N3CCN([C@@H]4CCN(c5ccc(C6CCC(=O)NC6=O)cc5F)CC4(F)F)CC3)c(F)c2F)OC1(C)C. The molecule has 4 aliphatic rings. The number of anilines is 2. The van der Waals surface area contributed by atoms with Crippen LogP contribution in [0.15, 0.2) is 30.3 Å². The molecule has 4 aliphatic heterocycles. The van der Waals surface area contributed by atoms with Crippen molar-refractivity contribution in [2.75, 3.05) is 49.1 Å². The van der Waals surface area contributed by atoms with Crippen molar-refractivity contribution >= 4 is 35.8 Å². The second-order valence-corrected chi connectivity index (χ2v) is 13.6. The molecule has 46 heavy (non-hydrogen) atoms. The van der Waals surface area contributed by atoms with Crippen LogP contribution in [0, 0.1) is 17.5 Å². The van der Waals surface area contributed by atoms with E-state index in [4.69, 9.17) is 9.31 Å². The predicted octanol–water partition coefficient (Wildman–Crippen LogP) is 3.96. The van der Waals surface area contributed by atoms with E-state index in [0.29, 0.717) is 5.56 Å². The molecule has 1 N–H and O–H groups in total. The number of carbonyl (C=O) groups excluding carboxylic acids is 2. The summed E-state index contributed by atoms with van der Waals surface area (Å²) in [5.41, 5.74) is -0.998. The highest BCUT2D eigenvalue weighted by molar-refractivity contribution is 6.62. The van der Waals surface area contributed by atoms with Gasteiger partial charge in [-0.05, 0) is 64.3 Å². The number of hydrogen-bond donors (Lipinski definition) is 1. The molecule has 0 aromatic heterocycles. The van der Waals surface area contributed by atoms with Crippen molar-refractivity contribution in [3.63, 3.8) is 0 Å². The van der Waals surface area contributed by atoms with Crippen LogP contribution in [0.4, 0.5) is 33.3 Å². The van der Waals surface area contributed by atoms with Crippen molar-refractivity contribution in [3.05, 3.63) is 53.3 Å². The van der Waals surface area contributed by atoms with E-state index in [1.54, 1.807) is 15.9 Å². The first-order chi connectivity index (χ1) is 21.6. The summed E-state index contributed by atoms with van der Waals surface area (Å²) in [5, 5.41) is 2.24. The number of nitrogens with zero attached hydrogens (tertiary/aromatic N) is 3. The maximum atomic E-state index is 15.6. The molecule has 2 aromatic rings. The fraction of sp³-hybridized carbons (Fsp3) is 0.562. The summed E-state index contributed by atoms with van der Waals surface area (Å²) in [6.07, 6.45) is 0.482. The molecule has 0 radical (unpaired) electrons. The third-order valence-electron chi connectivity index (χ3n) is 10.2. The summed E-state index contributed by atoms with van der Waals surface area (Å²) in [6.45, 7) is 7.67. The van der Waals surface area contributed by atoms with E-state index in [2.05, 4.69) is 5.32 Å². The van der Waals surface area contributed by atoms with Gasteiger partial charge in [0.05, 0.1) is 41.1 Å². The van der Waals surface area contributed by atoms with Gasteiger partial charge < -0.3 is 19.1 Å². The first kappa shape index (κ1) is 32.7. The molecule has 0 spiro atoms. The van der Waals surface area contributed by atoms with Crippen LogP contribution in [0.1, 0.15) is 58.4 Å².